The standard InChI is InChI=1S/C53H56N6O6Si/c1-64-49(60)29-40(26-34-12-7-5-8-13-34)51(61)58-25-11-16-47(58)44-30-42-41-23-21-38(28-39(41)22-24-43(42)55-44)36-17-19-37(20-18-36)46-31-54-50(56-46)48-32-66(3,4)33-59(48)52(62)45(57-53(63)65-2)27-35-14-9-6-10-15-35/h5-10,12-15,17-24,28,31,40,45,47-48H,11,16,25-27,29-30,32-33H2,1-4H3,(H,54,56)(H,57,63)/t40-,45+,47+,48+/m1/s1. The van der Waals surface area contributed by atoms with Crippen molar-refractivity contribution < 1.29 is 28.7 Å². The fourth-order valence-corrected chi connectivity index (χ4v) is 13.0. The van der Waals surface area contributed by atoms with E-state index >= 15 is 0 Å². The van der Waals surface area contributed by atoms with Crippen LogP contribution in [0.4, 0.5) is 10.5 Å². The van der Waals surface area contributed by atoms with E-state index in [0.29, 0.717) is 32.0 Å². The van der Waals surface area contributed by atoms with Crippen molar-refractivity contribution in [1.29, 1.82) is 0 Å². The maximum absolute atomic E-state index is 14.3. The Kier molecular flexibility index (Phi) is 12.7. The van der Waals surface area contributed by atoms with Crippen LogP contribution in [0, 0.1) is 5.92 Å². The van der Waals surface area contributed by atoms with Gasteiger partial charge in [0, 0.05) is 31.3 Å². The molecule has 338 valence electrons. The van der Waals surface area contributed by atoms with Crippen LogP contribution in [0.25, 0.3) is 33.2 Å². The number of carbonyl (C=O) groups is 4. The zero-order chi connectivity index (χ0) is 46.0. The lowest BCUT2D eigenvalue weighted by molar-refractivity contribution is -0.146. The maximum Gasteiger partial charge on any atom is 0.407 e. The molecule has 13 heteroatoms. The van der Waals surface area contributed by atoms with Crippen LogP contribution < -0.4 is 5.32 Å². The van der Waals surface area contributed by atoms with Crippen molar-refractivity contribution >= 4 is 54.1 Å². The van der Waals surface area contributed by atoms with Gasteiger partial charge in [-0.3, -0.25) is 19.4 Å². The van der Waals surface area contributed by atoms with Crippen LogP contribution in [0.5, 0.6) is 0 Å². The van der Waals surface area contributed by atoms with Crippen molar-refractivity contribution in [2.75, 3.05) is 26.9 Å². The topological polar surface area (TPSA) is 146 Å². The second-order valence-corrected chi connectivity index (χ2v) is 23.7. The van der Waals surface area contributed by atoms with Crippen LogP contribution in [-0.2, 0) is 43.1 Å². The summed E-state index contributed by atoms with van der Waals surface area (Å²) >= 11 is 0. The van der Waals surface area contributed by atoms with Gasteiger partial charge < -0.3 is 29.6 Å². The van der Waals surface area contributed by atoms with Gasteiger partial charge in [-0.15, -0.1) is 0 Å². The van der Waals surface area contributed by atoms with Gasteiger partial charge >= 0.3 is 12.1 Å². The molecule has 2 N–H and O–H groups in total. The summed E-state index contributed by atoms with van der Waals surface area (Å²) in [5, 5.41) is 5.07. The average molecular weight is 901 g/mol. The number of amides is 3. The number of ether oxygens (including phenoxy) is 2. The zero-order valence-electron chi connectivity index (χ0n) is 38.0. The molecule has 0 aliphatic carbocycles. The number of aromatic amines is 1. The van der Waals surface area contributed by atoms with E-state index in [1.807, 2.05) is 76.7 Å². The lowest BCUT2D eigenvalue weighted by Crippen LogP contribution is -2.50. The van der Waals surface area contributed by atoms with E-state index in [1.165, 1.54) is 19.8 Å². The summed E-state index contributed by atoms with van der Waals surface area (Å²) in [6.45, 7) is 5.21. The molecule has 1 aromatic heterocycles. The van der Waals surface area contributed by atoms with E-state index < -0.39 is 26.1 Å². The Morgan fingerprint density at radius 3 is 2.20 bits per heavy atom. The molecule has 4 atom stereocenters. The van der Waals surface area contributed by atoms with Crippen molar-refractivity contribution in [2.45, 2.75) is 75.8 Å². The fraction of sp³-hybridized carbons (Fsp3) is 0.321. The largest absolute Gasteiger partial charge is 0.469 e. The highest BCUT2D eigenvalue weighted by Crippen LogP contribution is 2.40. The van der Waals surface area contributed by atoms with Crippen molar-refractivity contribution in [3.05, 3.63) is 144 Å². The molecule has 66 heavy (non-hydrogen) atoms. The molecule has 4 heterocycles. The zero-order valence-corrected chi connectivity index (χ0v) is 39.0. The minimum absolute atomic E-state index is 0.0175. The van der Waals surface area contributed by atoms with E-state index in [4.69, 9.17) is 19.5 Å². The monoisotopic (exact) mass is 900 g/mol. The highest BCUT2D eigenvalue weighted by Gasteiger charge is 2.45. The first-order chi connectivity index (χ1) is 32.0. The van der Waals surface area contributed by atoms with Gasteiger partial charge in [0.05, 0.1) is 64.3 Å². The number of H-pyrrole nitrogens is 1. The lowest BCUT2D eigenvalue weighted by atomic mass is 9.93. The number of carbonyl (C=O) groups excluding carboxylic acids is 4. The Balaban J connectivity index is 0.887. The van der Waals surface area contributed by atoms with Gasteiger partial charge in [-0.1, -0.05) is 116 Å². The van der Waals surface area contributed by atoms with Crippen LogP contribution in [0.15, 0.2) is 126 Å². The first kappa shape index (κ1) is 44.3. The number of likely N-dealkylation sites (tertiary alicyclic amines) is 1. The van der Waals surface area contributed by atoms with Gasteiger partial charge in [-0.2, -0.15) is 0 Å². The van der Waals surface area contributed by atoms with E-state index in [9.17, 15) is 19.2 Å². The number of aromatic nitrogens is 2. The molecule has 2 fully saturated rings. The average Bonchev–Trinajstić information content (AvgIpc) is 4.17. The molecule has 0 unspecified atom stereocenters. The van der Waals surface area contributed by atoms with Crippen LogP contribution in [0.2, 0.25) is 19.1 Å². The quantitative estimate of drug-likeness (QED) is 0.0869. The van der Waals surface area contributed by atoms with Gasteiger partial charge in [0.2, 0.25) is 11.8 Å². The molecule has 12 nitrogen and oxygen atoms in total. The molecular formula is C53H56N6O6Si. The van der Waals surface area contributed by atoms with E-state index in [1.54, 1.807) is 0 Å². The van der Waals surface area contributed by atoms with E-state index in [-0.39, 0.29) is 36.3 Å². The summed E-state index contributed by atoms with van der Waals surface area (Å²) in [6, 6.07) is 38.5. The third-order valence-electron chi connectivity index (χ3n) is 13.5. The van der Waals surface area contributed by atoms with Crippen LogP contribution in [0.3, 0.4) is 0 Å². The van der Waals surface area contributed by atoms with Gasteiger partial charge in [-0.25, -0.2) is 9.78 Å². The van der Waals surface area contributed by atoms with E-state index in [0.717, 1.165) is 80.4 Å². The number of rotatable bonds is 13. The Labute approximate surface area is 386 Å². The number of hydrogen-bond acceptors (Lipinski definition) is 8. The number of aliphatic imine (C=N–C) groups is 1. The van der Waals surface area contributed by atoms with Crippen LogP contribution in [0.1, 0.15) is 47.8 Å². The molecule has 0 spiro atoms. The number of hydrogen-bond donors (Lipinski definition) is 2. The third-order valence-corrected chi connectivity index (χ3v) is 16.2. The molecule has 0 bridgehead atoms. The fourth-order valence-electron chi connectivity index (χ4n) is 10.2. The maximum atomic E-state index is 14.3. The Morgan fingerprint density at radius 2 is 1.48 bits per heavy atom. The highest BCUT2D eigenvalue weighted by atomic mass is 28.3. The molecule has 9 rings (SSSR count). The second-order valence-electron chi connectivity index (χ2n) is 18.6. The SMILES string of the molecule is COC(=O)C[C@@H](Cc1ccccc1)C(=O)N1CCC[C@H]1C1=Nc2ccc3cc(-c4ccc(-c5cnc([C@@H]6C[Si](C)(C)CN6C(=O)[C@H](Cc6ccccc6)NC(=O)OC)[nH]5)cc4)ccc3c2C1. The van der Waals surface area contributed by atoms with E-state index in [2.05, 4.69) is 78.0 Å². The summed E-state index contributed by atoms with van der Waals surface area (Å²) in [7, 11) is 0.866. The van der Waals surface area contributed by atoms with Crippen molar-refractivity contribution in [1.82, 2.24) is 25.1 Å². The minimum atomic E-state index is -1.81. The lowest BCUT2D eigenvalue weighted by Gasteiger charge is -2.29. The number of nitrogens with one attached hydrogen (secondary N) is 2. The predicted molar refractivity (Wildman–Crippen MR) is 259 cm³/mol. The number of imidazole rings is 1. The molecule has 3 aliphatic rings. The highest BCUT2D eigenvalue weighted by molar-refractivity contribution is 6.78. The van der Waals surface area contributed by atoms with Crippen LogP contribution >= 0.6 is 0 Å². The molecule has 6 aromatic rings. The van der Waals surface area contributed by atoms with Gasteiger partial charge in [0.15, 0.2) is 0 Å². The molecule has 0 saturated carbocycles. The molecular weight excluding hydrogens is 845 g/mol. The number of fused-ring (bicyclic) bond motifs is 3. The number of alkyl carbamates (subject to hydrolysis) is 1. The summed E-state index contributed by atoms with van der Waals surface area (Å²) < 4.78 is 9.91. The summed E-state index contributed by atoms with van der Waals surface area (Å²) in [5.74, 6) is -0.307. The normalized spacial score (nSPS) is 18.4. The predicted octanol–water partition coefficient (Wildman–Crippen LogP) is 9.04. The van der Waals surface area contributed by atoms with Gasteiger partial charge in [0.25, 0.3) is 0 Å². The first-order valence-electron chi connectivity index (χ1n) is 22.9. The number of benzene rings is 5. The number of methoxy groups -OCH3 is 2. The first-order valence-corrected chi connectivity index (χ1v) is 26.3. The van der Waals surface area contributed by atoms with Crippen molar-refractivity contribution in [3.8, 4) is 22.4 Å². The minimum Gasteiger partial charge on any atom is -0.469 e. The van der Waals surface area contributed by atoms with Gasteiger partial charge in [-0.05, 0) is 81.6 Å². The summed E-state index contributed by atoms with van der Waals surface area (Å²) in [6.07, 6.45) is 5.14. The van der Waals surface area contributed by atoms with Crippen molar-refractivity contribution in [3.63, 3.8) is 0 Å². The Bertz CT molecular complexity index is 2790. The number of esters is 1. The van der Waals surface area contributed by atoms with Crippen LogP contribution in [-0.4, -0.2) is 96.4 Å². The smallest absolute Gasteiger partial charge is 0.407 e. The summed E-state index contributed by atoms with van der Waals surface area (Å²) in [5.41, 5.74) is 9.12. The van der Waals surface area contributed by atoms with Gasteiger partial charge in [0.1, 0.15) is 11.9 Å². The number of nitrogens with zero attached hydrogens (tertiary/aromatic N) is 4. The summed E-state index contributed by atoms with van der Waals surface area (Å²) in [4.78, 5) is 70.7. The molecule has 2 saturated heterocycles. The second kappa shape index (κ2) is 18.9. The Morgan fingerprint density at radius 1 is 0.788 bits per heavy atom. The van der Waals surface area contributed by atoms with Crippen molar-refractivity contribution in [2.24, 2.45) is 10.9 Å². The Hall–Kier alpha value is -6.86. The molecule has 0 radical (unpaired) electrons. The molecule has 3 aliphatic heterocycles. The molecule has 3 amide bonds. The third kappa shape index (κ3) is 9.44. The molecule has 5 aromatic carbocycles.